The van der Waals surface area contributed by atoms with Crippen molar-refractivity contribution in [1.29, 1.82) is 0 Å². The Morgan fingerprint density at radius 3 is 2.50 bits per heavy atom. The van der Waals surface area contributed by atoms with Crippen LogP contribution in [0.15, 0.2) is 35.3 Å². The van der Waals surface area contributed by atoms with Gasteiger partial charge in [-0.3, -0.25) is 0 Å². The largest absolute Gasteiger partial charge is 0.494 e. The molecule has 1 atom stereocenters. The normalized spacial score (nSPS) is 12.1. The van der Waals surface area contributed by atoms with E-state index in [-0.39, 0.29) is 6.04 Å². The van der Waals surface area contributed by atoms with Crippen LogP contribution in [0.1, 0.15) is 30.3 Å². The third-order valence-electron chi connectivity index (χ3n) is 4.23. The first kappa shape index (κ1) is 17.8. The van der Waals surface area contributed by atoms with Crippen LogP contribution in [-0.4, -0.2) is 37.2 Å². The number of fused-ring (bicyclic) bond motifs is 1. The first-order valence-corrected chi connectivity index (χ1v) is 8.73. The molecule has 3 aromatic heterocycles. The Kier molecular flexibility index (Phi) is 4.56. The van der Waals surface area contributed by atoms with Crippen LogP contribution in [0.2, 0.25) is 0 Å². The van der Waals surface area contributed by atoms with Crippen molar-refractivity contribution < 1.29 is 9.15 Å². The van der Waals surface area contributed by atoms with E-state index in [9.17, 15) is 0 Å². The summed E-state index contributed by atoms with van der Waals surface area (Å²) >= 11 is 0. The van der Waals surface area contributed by atoms with E-state index in [0.29, 0.717) is 34.7 Å². The molecule has 1 aromatic carbocycles. The summed E-state index contributed by atoms with van der Waals surface area (Å²) in [5, 5.41) is 12.0. The van der Waals surface area contributed by atoms with Gasteiger partial charge in [0.05, 0.1) is 7.11 Å². The zero-order valence-electron chi connectivity index (χ0n) is 16.0. The molecule has 28 heavy (non-hydrogen) atoms. The molecule has 142 valence electrons. The zero-order valence-corrected chi connectivity index (χ0v) is 16.0. The Balaban J connectivity index is 1.80. The van der Waals surface area contributed by atoms with Gasteiger partial charge in [-0.05, 0) is 31.5 Å². The summed E-state index contributed by atoms with van der Waals surface area (Å²) in [6.07, 6.45) is 5.04. The number of ether oxygens (including phenoxy) is 1. The average Bonchev–Trinajstić information content (AvgIpc) is 3.14. The fourth-order valence-electron chi connectivity index (χ4n) is 2.83. The average molecular weight is 377 g/mol. The maximum absolute atomic E-state index is 5.55. The summed E-state index contributed by atoms with van der Waals surface area (Å²) in [5.41, 5.74) is 2.49. The van der Waals surface area contributed by atoms with E-state index in [1.165, 1.54) is 6.33 Å². The monoisotopic (exact) mass is 377 g/mol. The highest BCUT2D eigenvalue weighted by atomic mass is 16.5. The van der Waals surface area contributed by atoms with Crippen molar-refractivity contribution in [2.45, 2.75) is 26.8 Å². The van der Waals surface area contributed by atoms with Crippen molar-refractivity contribution in [1.82, 2.24) is 30.1 Å². The van der Waals surface area contributed by atoms with E-state index in [2.05, 4.69) is 35.5 Å². The minimum Gasteiger partial charge on any atom is -0.494 e. The minimum atomic E-state index is -0.232. The van der Waals surface area contributed by atoms with Gasteiger partial charge in [0.15, 0.2) is 5.82 Å². The Hall–Kier alpha value is -3.62. The molecular weight excluding hydrogens is 358 g/mol. The molecule has 0 radical (unpaired) electrons. The van der Waals surface area contributed by atoms with Gasteiger partial charge in [-0.2, -0.15) is 0 Å². The van der Waals surface area contributed by atoms with Crippen molar-refractivity contribution in [3.8, 4) is 17.1 Å². The second-order valence-corrected chi connectivity index (χ2v) is 6.41. The summed E-state index contributed by atoms with van der Waals surface area (Å²) in [6, 6.07) is 3.58. The first-order valence-electron chi connectivity index (χ1n) is 8.73. The lowest BCUT2D eigenvalue weighted by Crippen LogP contribution is -2.09. The fraction of sp³-hybridized carbons (Fsp3) is 0.263. The molecule has 4 rings (SSSR count). The highest BCUT2D eigenvalue weighted by Gasteiger charge is 2.17. The Bertz CT molecular complexity index is 1130. The molecule has 9 nitrogen and oxygen atoms in total. The van der Waals surface area contributed by atoms with Gasteiger partial charge in [0, 0.05) is 30.3 Å². The van der Waals surface area contributed by atoms with Gasteiger partial charge < -0.3 is 14.5 Å². The first-order chi connectivity index (χ1) is 13.5. The maximum atomic E-state index is 5.55. The van der Waals surface area contributed by atoms with E-state index in [0.717, 1.165) is 16.5 Å². The SMILES string of the molecule is COc1cc(-c2ncc(C)cn2)cc2c(N[C@H](C)c3nnc(C)o3)ncnc12. The minimum absolute atomic E-state index is 0.232. The number of nitrogens with one attached hydrogen (secondary N) is 1. The quantitative estimate of drug-likeness (QED) is 0.560. The molecule has 4 aromatic rings. The third-order valence-corrected chi connectivity index (χ3v) is 4.23. The summed E-state index contributed by atoms with van der Waals surface area (Å²) in [5.74, 6) is 2.83. The van der Waals surface area contributed by atoms with Crippen LogP contribution in [0, 0.1) is 13.8 Å². The molecule has 0 saturated carbocycles. The van der Waals surface area contributed by atoms with Crippen molar-refractivity contribution in [3.05, 3.63) is 48.2 Å². The smallest absolute Gasteiger partial charge is 0.238 e. The van der Waals surface area contributed by atoms with Crippen molar-refractivity contribution in [2.24, 2.45) is 0 Å². The molecule has 0 spiro atoms. The predicted molar refractivity (Wildman–Crippen MR) is 103 cm³/mol. The Labute approximate surface area is 161 Å². The lowest BCUT2D eigenvalue weighted by Gasteiger charge is -2.14. The van der Waals surface area contributed by atoms with Gasteiger partial charge in [0.25, 0.3) is 0 Å². The lowest BCUT2D eigenvalue weighted by molar-refractivity contribution is 0.419. The summed E-state index contributed by atoms with van der Waals surface area (Å²) < 4.78 is 11.1. The highest BCUT2D eigenvalue weighted by molar-refractivity contribution is 5.96. The highest BCUT2D eigenvalue weighted by Crippen LogP contribution is 2.33. The molecule has 0 unspecified atom stereocenters. The van der Waals surface area contributed by atoms with E-state index >= 15 is 0 Å². The van der Waals surface area contributed by atoms with E-state index in [1.54, 1.807) is 26.4 Å². The van der Waals surface area contributed by atoms with Crippen LogP contribution in [-0.2, 0) is 0 Å². The number of hydrogen-bond donors (Lipinski definition) is 1. The van der Waals surface area contributed by atoms with Gasteiger partial charge in [0.1, 0.15) is 29.5 Å². The number of nitrogens with zero attached hydrogens (tertiary/aromatic N) is 6. The zero-order chi connectivity index (χ0) is 19.7. The van der Waals surface area contributed by atoms with Crippen molar-refractivity contribution in [2.75, 3.05) is 12.4 Å². The van der Waals surface area contributed by atoms with E-state index < -0.39 is 0 Å². The summed E-state index contributed by atoms with van der Waals surface area (Å²) in [6.45, 7) is 5.62. The molecule has 3 heterocycles. The number of aromatic nitrogens is 6. The van der Waals surface area contributed by atoms with E-state index in [4.69, 9.17) is 9.15 Å². The van der Waals surface area contributed by atoms with Crippen LogP contribution >= 0.6 is 0 Å². The number of benzene rings is 1. The number of aryl methyl sites for hydroxylation is 2. The third kappa shape index (κ3) is 3.34. The van der Waals surface area contributed by atoms with Crippen LogP contribution < -0.4 is 10.1 Å². The summed E-state index contributed by atoms with van der Waals surface area (Å²) in [7, 11) is 1.60. The lowest BCUT2D eigenvalue weighted by atomic mass is 10.1. The van der Waals surface area contributed by atoms with Gasteiger partial charge >= 0.3 is 0 Å². The molecule has 0 bridgehead atoms. The van der Waals surface area contributed by atoms with Crippen LogP contribution in [0.3, 0.4) is 0 Å². The topological polar surface area (TPSA) is 112 Å². The molecule has 1 N–H and O–H groups in total. The molecular formula is C19H19N7O2. The maximum Gasteiger partial charge on any atom is 0.238 e. The van der Waals surface area contributed by atoms with Gasteiger partial charge in [0.2, 0.25) is 11.8 Å². The van der Waals surface area contributed by atoms with Crippen LogP contribution in [0.4, 0.5) is 5.82 Å². The molecule has 0 aliphatic carbocycles. The standard InChI is InChI=1S/C19H19N7O2/c1-10-7-20-17(21-8-10)13-5-14-16(15(6-13)27-4)22-9-23-18(14)24-11(2)19-26-25-12(3)28-19/h5-9,11H,1-4H3,(H,22,23,24)/t11-/m1/s1. The summed E-state index contributed by atoms with van der Waals surface area (Å²) in [4.78, 5) is 17.6. The van der Waals surface area contributed by atoms with Crippen molar-refractivity contribution in [3.63, 3.8) is 0 Å². The van der Waals surface area contributed by atoms with Gasteiger partial charge in [-0.1, -0.05) is 0 Å². The molecule has 0 fully saturated rings. The van der Waals surface area contributed by atoms with Crippen molar-refractivity contribution >= 4 is 16.7 Å². The number of rotatable bonds is 5. The van der Waals surface area contributed by atoms with Gasteiger partial charge in [-0.25, -0.2) is 19.9 Å². The van der Waals surface area contributed by atoms with E-state index in [1.807, 2.05) is 26.0 Å². The molecule has 0 saturated heterocycles. The predicted octanol–water partition coefficient (Wildman–Crippen LogP) is 3.27. The fourth-order valence-corrected chi connectivity index (χ4v) is 2.83. The van der Waals surface area contributed by atoms with Gasteiger partial charge in [-0.15, -0.1) is 10.2 Å². The Morgan fingerprint density at radius 2 is 1.82 bits per heavy atom. The van der Waals surface area contributed by atoms with Crippen LogP contribution in [0.5, 0.6) is 5.75 Å². The molecule has 0 aliphatic rings. The number of methoxy groups -OCH3 is 1. The second kappa shape index (κ2) is 7.18. The molecule has 0 aliphatic heterocycles. The Morgan fingerprint density at radius 1 is 1.04 bits per heavy atom. The number of anilines is 1. The molecule has 0 amide bonds. The second-order valence-electron chi connectivity index (χ2n) is 6.41. The number of hydrogen-bond acceptors (Lipinski definition) is 9. The molecule has 9 heteroatoms. The van der Waals surface area contributed by atoms with Crippen LogP contribution in [0.25, 0.3) is 22.3 Å².